The summed E-state index contributed by atoms with van der Waals surface area (Å²) in [5.41, 5.74) is 1.99. The first-order valence-corrected chi connectivity index (χ1v) is 9.47. The molecule has 2 aliphatic rings. The molecule has 0 radical (unpaired) electrons. The third-order valence-corrected chi connectivity index (χ3v) is 5.46. The standard InChI is InChI=1S/C20H26ClNO3/c1-24-20(23)18(11-14-6-3-2-4-7-14)22-12-15-10-16-17(21)8-5-9-19(16)25-13-15/h5,8-10,14,18,22H,2-4,6-7,11-13H2,1H3. The van der Waals surface area contributed by atoms with E-state index in [2.05, 4.69) is 11.4 Å². The zero-order valence-electron chi connectivity index (χ0n) is 14.7. The lowest BCUT2D eigenvalue weighted by Gasteiger charge is -2.26. The molecule has 1 fully saturated rings. The summed E-state index contributed by atoms with van der Waals surface area (Å²) < 4.78 is 10.8. The van der Waals surface area contributed by atoms with E-state index in [9.17, 15) is 4.79 Å². The number of esters is 1. The summed E-state index contributed by atoms with van der Waals surface area (Å²) in [5, 5.41) is 4.05. The van der Waals surface area contributed by atoms with E-state index in [1.807, 2.05) is 18.2 Å². The highest BCUT2D eigenvalue weighted by Gasteiger charge is 2.25. The number of halogens is 1. The number of benzene rings is 1. The van der Waals surface area contributed by atoms with Crippen LogP contribution in [0.3, 0.4) is 0 Å². The molecule has 1 saturated carbocycles. The van der Waals surface area contributed by atoms with E-state index in [4.69, 9.17) is 21.1 Å². The fraction of sp³-hybridized carbons (Fsp3) is 0.550. The SMILES string of the molecule is COC(=O)C(CC1CCCCC1)NCC1=Cc2c(Cl)cccc2OC1. The van der Waals surface area contributed by atoms with Gasteiger partial charge in [0.1, 0.15) is 18.4 Å². The number of ether oxygens (including phenoxy) is 2. The summed E-state index contributed by atoms with van der Waals surface area (Å²) in [6, 6.07) is 5.40. The first-order chi connectivity index (χ1) is 12.2. The lowest BCUT2D eigenvalue weighted by Crippen LogP contribution is -2.41. The van der Waals surface area contributed by atoms with Crippen LogP contribution in [0.5, 0.6) is 5.75 Å². The largest absolute Gasteiger partial charge is 0.489 e. The van der Waals surface area contributed by atoms with Crippen molar-refractivity contribution in [2.45, 2.75) is 44.6 Å². The summed E-state index contributed by atoms with van der Waals surface area (Å²) in [7, 11) is 1.46. The number of fused-ring (bicyclic) bond motifs is 1. The van der Waals surface area contributed by atoms with Crippen LogP contribution < -0.4 is 10.1 Å². The van der Waals surface area contributed by atoms with Crippen molar-refractivity contribution < 1.29 is 14.3 Å². The van der Waals surface area contributed by atoms with Crippen LogP contribution in [0.25, 0.3) is 6.08 Å². The lowest BCUT2D eigenvalue weighted by atomic mass is 9.85. The number of methoxy groups -OCH3 is 1. The summed E-state index contributed by atoms with van der Waals surface area (Å²) in [5.74, 6) is 1.24. The number of hydrogen-bond donors (Lipinski definition) is 1. The molecular formula is C20H26ClNO3. The van der Waals surface area contributed by atoms with E-state index in [0.717, 1.165) is 23.3 Å². The molecule has 0 saturated heterocycles. The second-order valence-electron chi connectivity index (χ2n) is 6.94. The Morgan fingerprint density at radius 3 is 2.92 bits per heavy atom. The Kier molecular flexibility index (Phi) is 6.38. The van der Waals surface area contributed by atoms with Gasteiger partial charge in [-0.1, -0.05) is 49.8 Å². The van der Waals surface area contributed by atoms with Crippen molar-refractivity contribution >= 4 is 23.6 Å². The second kappa shape index (κ2) is 8.72. The van der Waals surface area contributed by atoms with E-state index >= 15 is 0 Å². The van der Waals surface area contributed by atoms with Gasteiger partial charge in [0.15, 0.2) is 0 Å². The first-order valence-electron chi connectivity index (χ1n) is 9.09. The maximum atomic E-state index is 12.2. The molecule has 5 heteroatoms. The quantitative estimate of drug-likeness (QED) is 0.769. The van der Waals surface area contributed by atoms with Crippen LogP contribution in [-0.4, -0.2) is 32.3 Å². The Hall–Kier alpha value is -1.52. The van der Waals surface area contributed by atoms with E-state index in [0.29, 0.717) is 24.1 Å². The van der Waals surface area contributed by atoms with Gasteiger partial charge in [-0.25, -0.2) is 0 Å². The third kappa shape index (κ3) is 4.77. The minimum atomic E-state index is -0.262. The van der Waals surface area contributed by atoms with Crippen molar-refractivity contribution in [3.05, 3.63) is 34.4 Å². The molecule has 0 amide bonds. The summed E-state index contributed by atoms with van der Waals surface area (Å²) in [4.78, 5) is 12.2. The molecule has 1 atom stereocenters. The molecule has 0 spiro atoms. The van der Waals surface area contributed by atoms with Crippen molar-refractivity contribution in [2.75, 3.05) is 20.3 Å². The summed E-state index contributed by atoms with van der Waals surface area (Å²) >= 11 is 6.25. The molecule has 0 bridgehead atoms. The van der Waals surface area contributed by atoms with Gasteiger partial charge in [-0.2, -0.15) is 0 Å². The molecule has 1 aromatic carbocycles. The van der Waals surface area contributed by atoms with Crippen molar-refractivity contribution in [1.29, 1.82) is 0 Å². The van der Waals surface area contributed by atoms with Crippen molar-refractivity contribution in [3.8, 4) is 5.75 Å². The number of hydrogen-bond acceptors (Lipinski definition) is 4. The molecule has 1 aliphatic heterocycles. The van der Waals surface area contributed by atoms with E-state index in [1.54, 1.807) is 0 Å². The Morgan fingerprint density at radius 2 is 2.16 bits per heavy atom. The Labute approximate surface area is 154 Å². The molecule has 136 valence electrons. The number of carbonyl (C=O) groups is 1. The van der Waals surface area contributed by atoms with Gasteiger partial charge < -0.3 is 14.8 Å². The van der Waals surface area contributed by atoms with Gasteiger partial charge in [0.25, 0.3) is 0 Å². The average molecular weight is 364 g/mol. The van der Waals surface area contributed by atoms with Crippen LogP contribution in [0.1, 0.15) is 44.1 Å². The number of nitrogens with one attached hydrogen (secondary N) is 1. The molecule has 1 heterocycles. The highest BCUT2D eigenvalue weighted by molar-refractivity contribution is 6.32. The van der Waals surface area contributed by atoms with E-state index in [-0.39, 0.29) is 12.0 Å². The van der Waals surface area contributed by atoms with E-state index < -0.39 is 0 Å². The van der Waals surface area contributed by atoms with Crippen LogP contribution in [0, 0.1) is 5.92 Å². The van der Waals surface area contributed by atoms with Gasteiger partial charge >= 0.3 is 5.97 Å². The van der Waals surface area contributed by atoms with E-state index in [1.165, 1.54) is 39.2 Å². The minimum Gasteiger partial charge on any atom is -0.489 e. The minimum absolute atomic E-state index is 0.179. The topological polar surface area (TPSA) is 47.6 Å². The first kappa shape index (κ1) is 18.3. The number of rotatable bonds is 6. The van der Waals surface area contributed by atoms with Gasteiger partial charge in [-0.3, -0.25) is 4.79 Å². The highest BCUT2D eigenvalue weighted by atomic mass is 35.5. The highest BCUT2D eigenvalue weighted by Crippen LogP contribution is 2.32. The normalized spacial score (nSPS) is 18.7. The van der Waals surface area contributed by atoms with Gasteiger partial charge in [-0.05, 0) is 36.1 Å². The smallest absolute Gasteiger partial charge is 0.322 e. The average Bonchev–Trinajstić information content (AvgIpc) is 2.66. The zero-order chi connectivity index (χ0) is 17.6. The Balaban J connectivity index is 1.62. The molecule has 1 aliphatic carbocycles. The fourth-order valence-electron chi connectivity index (χ4n) is 3.72. The molecule has 1 unspecified atom stereocenters. The van der Waals surface area contributed by atoms with Gasteiger partial charge in [0.2, 0.25) is 0 Å². The van der Waals surface area contributed by atoms with Gasteiger partial charge in [0.05, 0.1) is 12.1 Å². The molecule has 25 heavy (non-hydrogen) atoms. The summed E-state index contributed by atoms with van der Waals surface area (Å²) in [6.07, 6.45) is 9.19. The van der Waals surface area contributed by atoms with Gasteiger partial charge in [0, 0.05) is 12.1 Å². The van der Waals surface area contributed by atoms with Crippen molar-refractivity contribution in [2.24, 2.45) is 5.92 Å². The monoisotopic (exact) mass is 363 g/mol. The Bertz CT molecular complexity index is 638. The summed E-state index contributed by atoms with van der Waals surface area (Å²) in [6.45, 7) is 1.11. The predicted molar refractivity (Wildman–Crippen MR) is 99.9 cm³/mol. The number of carbonyl (C=O) groups excluding carboxylic acids is 1. The molecule has 1 aromatic rings. The Morgan fingerprint density at radius 1 is 1.36 bits per heavy atom. The molecule has 0 aromatic heterocycles. The predicted octanol–water partition coefficient (Wildman–Crippen LogP) is 4.22. The van der Waals surface area contributed by atoms with Crippen LogP contribution in [0.4, 0.5) is 0 Å². The maximum Gasteiger partial charge on any atom is 0.322 e. The molecule has 4 nitrogen and oxygen atoms in total. The van der Waals surface area contributed by atoms with Crippen molar-refractivity contribution in [3.63, 3.8) is 0 Å². The van der Waals surface area contributed by atoms with Gasteiger partial charge in [-0.15, -0.1) is 0 Å². The molecular weight excluding hydrogens is 338 g/mol. The van der Waals surface area contributed by atoms with Crippen LogP contribution in [0.15, 0.2) is 23.8 Å². The van der Waals surface area contributed by atoms with Crippen LogP contribution >= 0.6 is 11.6 Å². The van der Waals surface area contributed by atoms with Crippen LogP contribution in [0.2, 0.25) is 5.02 Å². The molecule has 1 N–H and O–H groups in total. The van der Waals surface area contributed by atoms with Crippen LogP contribution in [-0.2, 0) is 9.53 Å². The maximum absolute atomic E-state index is 12.2. The third-order valence-electron chi connectivity index (χ3n) is 5.13. The fourth-order valence-corrected chi connectivity index (χ4v) is 3.94. The zero-order valence-corrected chi connectivity index (χ0v) is 15.5. The molecule has 3 rings (SSSR count). The second-order valence-corrected chi connectivity index (χ2v) is 7.35. The van der Waals surface area contributed by atoms with Crippen molar-refractivity contribution in [1.82, 2.24) is 5.32 Å². The lowest BCUT2D eigenvalue weighted by molar-refractivity contribution is -0.143.